The van der Waals surface area contributed by atoms with E-state index < -0.39 is 21.9 Å². The highest BCUT2D eigenvalue weighted by Gasteiger charge is 2.25. The number of thiazole rings is 1. The lowest BCUT2D eigenvalue weighted by atomic mass is 10.1. The van der Waals surface area contributed by atoms with Crippen molar-refractivity contribution < 1.29 is 22.7 Å². The molecule has 13 heteroatoms. The first-order valence-corrected chi connectivity index (χ1v) is 14.3. The fraction of sp³-hybridized carbons (Fsp3) is 0.417. The van der Waals surface area contributed by atoms with Crippen LogP contribution in [0.3, 0.4) is 0 Å². The molecule has 1 saturated heterocycles. The van der Waals surface area contributed by atoms with Gasteiger partial charge in [-0.1, -0.05) is 37.0 Å². The van der Waals surface area contributed by atoms with Crippen LogP contribution in [0.25, 0.3) is 17.0 Å². The molecule has 2 aromatic rings. The average Bonchev–Trinajstić information content (AvgIpc) is 3.29. The van der Waals surface area contributed by atoms with Crippen LogP contribution in [0.4, 0.5) is 15.2 Å². The topological polar surface area (TPSA) is 142 Å². The van der Waals surface area contributed by atoms with E-state index in [1.54, 1.807) is 38.1 Å². The van der Waals surface area contributed by atoms with Crippen molar-refractivity contribution in [1.82, 2.24) is 10.3 Å². The zero-order valence-electron chi connectivity index (χ0n) is 20.9. The van der Waals surface area contributed by atoms with E-state index in [-0.39, 0.29) is 29.5 Å². The third kappa shape index (κ3) is 7.74. The maximum atomic E-state index is 15.7. The van der Waals surface area contributed by atoms with Gasteiger partial charge in [-0.15, -0.1) is 0 Å². The van der Waals surface area contributed by atoms with Crippen molar-refractivity contribution in [3.63, 3.8) is 0 Å². The van der Waals surface area contributed by atoms with E-state index in [2.05, 4.69) is 21.6 Å². The van der Waals surface area contributed by atoms with E-state index in [1.807, 2.05) is 4.90 Å². The molecule has 0 aliphatic carbocycles. The summed E-state index contributed by atoms with van der Waals surface area (Å²) in [6.45, 7) is 9.52. The van der Waals surface area contributed by atoms with Crippen LogP contribution in [0.2, 0.25) is 0 Å². The molecule has 0 saturated carbocycles. The number of hydrogen-bond donors (Lipinski definition) is 4. The van der Waals surface area contributed by atoms with Crippen LogP contribution in [0.15, 0.2) is 41.9 Å². The highest BCUT2D eigenvalue weighted by Crippen LogP contribution is 2.39. The van der Waals surface area contributed by atoms with Crippen LogP contribution in [-0.2, 0) is 14.8 Å². The Morgan fingerprint density at radius 2 is 2.16 bits per heavy atom. The number of hydrogen-bond acceptors (Lipinski definition) is 8. The smallest absolute Gasteiger partial charge is 0.232 e. The Morgan fingerprint density at radius 3 is 2.81 bits per heavy atom. The summed E-state index contributed by atoms with van der Waals surface area (Å²) < 4.78 is 48.2. The quantitative estimate of drug-likeness (QED) is 0.189. The molecule has 1 aliphatic heterocycles. The number of sulfonamides is 1. The molecule has 1 aromatic carbocycles. The standard InChI is InChI=1S/C24H33FN6O4S2/c1-4-7-19(28-23(26)27-15-16(3)32)22-21(29-24(36-22)31-10-12-35-13-11-31)17-8-6-9-18(20(17)25)30-37(33,34)14-5-2/h4,6-9,16,30,32H,1,5,10-15H2,2-3H3,(H3,26,27,28)/b19-7-/t16-/m0/s1. The number of nitrogens with zero attached hydrogens (tertiary/aromatic N) is 3. The molecule has 5 N–H and O–H groups in total. The van der Waals surface area contributed by atoms with Crippen LogP contribution in [0.1, 0.15) is 25.1 Å². The van der Waals surface area contributed by atoms with E-state index in [0.717, 1.165) is 0 Å². The Bertz CT molecular complexity index is 1250. The molecule has 1 fully saturated rings. The van der Waals surface area contributed by atoms with E-state index in [1.165, 1.54) is 17.4 Å². The monoisotopic (exact) mass is 552 g/mol. The van der Waals surface area contributed by atoms with Gasteiger partial charge in [-0.3, -0.25) is 9.71 Å². The number of halogens is 1. The van der Waals surface area contributed by atoms with Gasteiger partial charge in [0.2, 0.25) is 10.0 Å². The number of ether oxygens (including phenoxy) is 1. The summed E-state index contributed by atoms with van der Waals surface area (Å²) in [5, 5.41) is 13.2. The summed E-state index contributed by atoms with van der Waals surface area (Å²) in [5.41, 5.74) is 6.80. The lowest BCUT2D eigenvalue weighted by molar-refractivity contribution is 0.122. The molecule has 0 unspecified atom stereocenters. The normalized spacial score (nSPS) is 15.9. The number of aliphatic imine (C=N–C) groups is 1. The summed E-state index contributed by atoms with van der Waals surface area (Å²) >= 11 is 1.33. The maximum absolute atomic E-state index is 15.7. The van der Waals surface area contributed by atoms with Gasteiger partial charge in [-0.05, 0) is 31.6 Å². The van der Waals surface area contributed by atoms with Gasteiger partial charge in [0.1, 0.15) is 0 Å². The number of rotatable bonds is 11. The predicted octanol–water partition coefficient (Wildman–Crippen LogP) is 2.75. The van der Waals surface area contributed by atoms with Gasteiger partial charge in [0.05, 0.1) is 53.6 Å². The van der Waals surface area contributed by atoms with Crippen LogP contribution in [-0.4, -0.2) is 69.2 Å². The summed E-state index contributed by atoms with van der Waals surface area (Å²) in [5.74, 6) is -0.806. The molecule has 1 aliphatic rings. The second-order valence-corrected chi connectivity index (χ2v) is 11.2. The molecule has 0 spiro atoms. The molecule has 37 heavy (non-hydrogen) atoms. The molecule has 1 atom stereocenters. The number of aliphatic hydroxyl groups excluding tert-OH is 1. The molecule has 2 heterocycles. The van der Waals surface area contributed by atoms with Crippen LogP contribution in [0.5, 0.6) is 0 Å². The molecule has 0 amide bonds. The number of aromatic nitrogens is 1. The number of morpholine rings is 1. The molecule has 3 rings (SSSR count). The number of nitrogens with two attached hydrogens (primary N) is 1. The minimum absolute atomic E-state index is 0.0582. The van der Waals surface area contributed by atoms with Crippen LogP contribution in [0, 0.1) is 5.82 Å². The van der Waals surface area contributed by atoms with Crippen molar-refractivity contribution in [2.24, 2.45) is 10.7 Å². The van der Waals surface area contributed by atoms with E-state index >= 15 is 4.39 Å². The number of guanidine groups is 1. The van der Waals surface area contributed by atoms with Gasteiger partial charge in [0.15, 0.2) is 16.9 Å². The summed E-state index contributed by atoms with van der Waals surface area (Å²) in [6.07, 6.45) is 2.94. The highest BCUT2D eigenvalue weighted by atomic mass is 32.2. The lowest BCUT2D eigenvalue weighted by Crippen LogP contribution is -2.36. The van der Waals surface area contributed by atoms with Gasteiger partial charge in [0, 0.05) is 18.7 Å². The van der Waals surface area contributed by atoms with Crippen molar-refractivity contribution in [2.45, 2.75) is 26.4 Å². The van der Waals surface area contributed by atoms with Crippen molar-refractivity contribution in [3.05, 3.63) is 47.6 Å². The third-order valence-electron chi connectivity index (χ3n) is 5.21. The number of allylic oxidation sites excluding steroid dienone is 2. The van der Waals surface area contributed by atoms with Gasteiger partial charge >= 0.3 is 0 Å². The summed E-state index contributed by atoms with van der Waals surface area (Å²) in [4.78, 5) is 11.5. The van der Waals surface area contributed by atoms with E-state index in [9.17, 15) is 13.5 Å². The Hall–Kier alpha value is -3.00. The second-order valence-electron chi connectivity index (χ2n) is 8.38. The van der Waals surface area contributed by atoms with Crippen LogP contribution >= 0.6 is 11.3 Å². The SMILES string of the molecule is C=C/C=C(\NC(N)=NC[C@H](C)O)c1sc(N2CCOCC2)nc1-c1cccc(NS(=O)(=O)CCC)c1F. The number of benzene rings is 1. The van der Waals surface area contributed by atoms with Gasteiger partial charge in [-0.25, -0.2) is 17.8 Å². The number of nitrogens with one attached hydrogen (secondary N) is 2. The van der Waals surface area contributed by atoms with Gasteiger partial charge in [-0.2, -0.15) is 0 Å². The molecule has 10 nitrogen and oxygen atoms in total. The Balaban J connectivity index is 2.11. The summed E-state index contributed by atoms with van der Waals surface area (Å²) in [7, 11) is -3.70. The lowest BCUT2D eigenvalue weighted by Gasteiger charge is -2.26. The van der Waals surface area contributed by atoms with Gasteiger partial charge < -0.3 is 25.8 Å². The molecular formula is C24H33FN6O4S2. The van der Waals surface area contributed by atoms with Crippen molar-refractivity contribution in [2.75, 3.05) is 48.2 Å². The largest absolute Gasteiger partial charge is 0.391 e. The first-order valence-electron chi connectivity index (χ1n) is 11.9. The zero-order valence-corrected chi connectivity index (χ0v) is 22.5. The first kappa shape index (κ1) is 28.6. The fourth-order valence-corrected chi connectivity index (χ4v) is 5.79. The van der Waals surface area contributed by atoms with Crippen LogP contribution < -0.4 is 20.7 Å². The minimum atomic E-state index is -3.70. The van der Waals surface area contributed by atoms with Crippen molar-refractivity contribution >= 4 is 43.8 Å². The second kappa shape index (κ2) is 13.0. The van der Waals surface area contributed by atoms with Crippen molar-refractivity contribution in [3.8, 4) is 11.3 Å². The molecule has 0 bridgehead atoms. The van der Waals surface area contributed by atoms with E-state index in [4.69, 9.17) is 15.5 Å². The molecule has 202 valence electrons. The third-order valence-corrected chi connectivity index (χ3v) is 7.83. The Morgan fingerprint density at radius 1 is 1.43 bits per heavy atom. The predicted molar refractivity (Wildman–Crippen MR) is 148 cm³/mol. The maximum Gasteiger partial charge on any atom is 0.232 e. The Kier molecular flexibility index (Phi) is 10.0. The fourth-order valence-electron chi connectivity index (χ4n) is 3.54. The molecule has 1 aromatic heterocycles. The minimum Gasteiger partial charge on any atom is -0.391 e. The first-order chi connectivity index (χ1) is 17.6. The molecular weight excluding hydrogens is 519 g/mol. The highest BCUT2D eigenvalue weighted by molar-refractivity contribution is 7.92. The molecule has 0 radical (unpaired) electrons. The number of anilines is 2. The Labute approximate surface area is 220 Å². The summed E-state index contributed by atoms with van der Waals surface area (Å²) in [6, 6.07) is 4.49. The number of aliphatic hydroxyl groups is 1. The van der Waals surface area contributed by atoms with Crippen molar-refractivity contribution in [1.29, 1.82) is 0 Å². The average molecular weight is 553 g/mol. The van der Waals surface area contributed by atoms with Gasteiger partial charge in [0.25, 0.3) is 0 Å². The zero-order chi connectivity index (χ0) is 27.0. The van der Waals surface area contributed by atoms with E-state index in [0.29, 0.717) is 54.1 Å².